The lowest BCUT2D eigenvalue weighted by molar-refractivity contribution is -0.115. The summed E-state index contributed by atoms with van der Waals surface area (Å²) in [7, 11) is 0. The normalized spacial score (nSPS) is 10.2. The largest absolute Gasteiger partial charge is 0.484 e. The Balaban J connectivity index is 1.98. The Hall–Kier alpha value is -2.04. The van der Waals surface area contributed by atoms with Crippen molar-refractivity contribution in [3.63, 3.8) is 0 Å². The van der Waals surface area contributed by atoms with Gasteiger partial charge in [-0.15, -0.1) is 0 Å². The van der Waals surface area contributed by atoms with E-state index in [-0.39, 0.29) is 18.3 Å². The van der Waals surface area contributed by atoms with Gasteiger partial charge in [-0.3, -0.25) is 9.59 Å². The number of amides is 1. The Kier molecular flexibility index (Phi) is 6.02. The van der Waals surface area contributed by atoms with E-state index in [4.69, 9.17) is 27.9 Å². The lowest BCUT2D eigenvalue weighted by atomic mass is 10.1. The number of carbonyl (C=O) groups is 2. The maximum Gasteiger partial charge on any atom is 0.224 e. The molecule has 120 valence electrons. The van der Waals surface area contributed by atoms with Crippen LogP contribution in [0.3, 0.4) is 0 Å². The zero-order chi connectivity index (χ0) is 16.8. The second-order valence-electron chi connectivity index (χ2n) is 4.77. The number of carbonyl (C=O) groups excluding carboxylic acids is 2. The van der Waals surface area contributed by atoms with Crippen molar-refractivity contribution in [1.82, 2.24) is 0 Å². The van der Waals surface area contributed by atoms with Crippen molar-refractivity contribution in [2.24, 2.45) is 0 Å². The van der Waals surface area contributed by atoms with Gasteiger partial charge in [0.25, 0.3) is 0 Å². The van der Waals surface area contributed by atoms with Gasteiger partial charge in [-0.1, -0.05) is 30.1 Å². The number of anilines is 1. The second kappa shape index (κ2) is 7.99. The quantitative estimate of drug-likeness (QED) is 0.773. The number of hydrogen-bond acceptors (Lipinski definition) is 3. The van der Waals surface area contributed by atoms with Crippen LogP contribution in [-0.4, -0.2) is 18.3 Å². The van der Waals surface area contributed by atoms with Crippen LogP contribution in [0.2, 0.25) is 10.0 Å². The first-order valence-corrected chi connectivity index (χ1v) is 7.76. The molecule has 0 aliphatic heterocycles. The standard InChI is InChI=1S/C17H15Cl2NO3/c1-2-17(22)20-13-6-3-11(4-7-13)15(21)10-23-16-9-12(18)5-8-14(16)19/h3-9H,2,10H2,1H3,(H,20,22). The summed E-state index contributed by atoms with van der Waals surface area (Å²) in [5.74, 6) is 0.0803. The first kappa shape index (κ1) is 17.3. The highest BCUT2D eigenvalue weighted by molar-refractivity contribution is 6.34. The molecule has 0 aliphatic rings. The van der Waals surface area contributed by atoms with Gasteiger partial charge in [-0.2, -0.15) is 0 Å². The highest BCUT2D eigenvalue weighted by atomic mass is 35.5. The van der Waals surface area contributed by atoms with Crippen molar-refractivity contribution in [2.45, 2.75) is 13.3 Å². The predicted molar refractivity (Wildman–Crippen MR) is 91.7 cm³/mol. The number of halogens is 2. The molecule has 0 atom stereocenters. The molecule has 0 spiro atoms. The van der Waals surface area contributed by atoms with Crippen molar-refractivity contribution in [3.8, 4) is 5.75 Å². The summed E-state index contributed by atoms with van der Waals surface area (Å²) in [5, 5.41) is 3.58. The molecule has 2 rings (SSSR count). The average molecular weight is 352 g/mol. The van der Waals surface area contributed by atoms with Crippen LogP contribution in [0, 0.1) is 0 Å². The molecular weight excluding hydrogens is 337 g/mol. The summed E-state index contributed by atoms with van der Waals surface area (Å²) in [4.78, 5) is 23.4. The minimum absolute atomic E-state index is 0.0805. The molecule has 0 unspecified atom stereocenters. The molecule has 0 fully saturated rings. The van der Waals surface area contributed by atoms with Crippen molar-refractivity contribution in [2.75, 3.05) is 11.9 Å². The molecule has 1 amide bonds. The molecule has 2 aromatic carbocycles. The van der Waals surface area contributed by atoms with Gasteiger partial charge in [0.15, 0.2) is 12.4 Å². The van der Waals surface area contributed by atoms with Crippen molar-refractivity contribution in [1.29, 1.82) is 0 Å². The van der Waals surface area contributed by atoms with Gasteiger partial charge < -0.3 is 10.1 Å². The summed E-state index contributed by atoms with van der Waals surface area (Å²) in [5.41, 5.74) is 1.13. The molecule has 6 heteroatoms. The predicted octanol–water partition coefficient (Wildman–Crippen LogP) is 4.60. The van der Waals surface area contributed by atoms with E-state index in [1.807, 2.05) is 0 Å². The minimum atomic E-state index is -0.200. The molecule has 0 saturated heterocycles. The number of Topliss-reactive ketones (excluding diaryl/α,β-unsaturated/α-hetero) is 1. The van der Waals surface area contributed by atoms with Crippen molar-refractivity contribution >= 4 is 40.6 Å². The van der Waals surface area contributed by atoms with Crippen LogP contribution in [0.4, 0.5) is 5.69 Å². The number of ether oxygens (including phenoxy) is 1. The van der Waals surface area contributed by atoms with Gasteiger partial charge in [0.2, 0.25) is 5.91 Å². The van der Waals surface area contributed by atoms with Crippen molar-refractivity contribution in [3.05, 3.63) is 58.1 Å². The lowest BCUT2D eigenvalue weighted by Crippen LogP contribution is -2.12. The SMILES string of the molecule is CCC(=O)Nc1ccc(C(=O)COc2cc(Cl)ccc2Cl)cc1. The van der Waals surface area contributed by atoms with Crippen molar-refractivity contribution < 1.29 is 14.3 Å². The van der Waals surface area contributed by atoms with Gasteiger partial charge in [-0.25, -0.2) is 0 Å². The fourth-order valence-electron chi connectivity index (χ4n) is 1.80. The molecule has 0 heterocycles. The number of ketones is 1. The van der Waals surface area contributed by atoms with E-state index in [1.165, 1.54) is 0 Å². The highest BCUT2D eigenvalue weighted by Gasteiger charge is 2.09. The molecule has 0 aromatic heterocycles. The summed E-state index contributed by atoms with van der Waals surface area (Å²) >= 11 is 11.8. The van der Waals surface area contributed by atoms with Crippen LogP contribution >= 0.6 is 23.2 Å². The minimum Gasteiger partial charge on any atom is -0.484 e. The first-order chi connectivity index (χ1) is 11.0. The summed E-state index contributed by atoms with van der Waals surface area (Å²) in [6.45, 7) is 1.62. The topological polar surface area (TPSA) is 55.4 Å². The van der Waals surface area contributed by atoms with E-state index in [9.17, 15) is 9.59 Å². The molecule has 0 aliphatic carbocycles. The smallest absolute Gasteiger partial charge is 0.224 e. The van der Waals surface area contributed by atoms with E-state index < -0.39 is 0 Å². The second-order valence-corrected chi connectivity index (χ2v) is 5.61. The zero-order valence-corrected chi connectivity index (χ0v) is 13.9. The Morgan fingerprint density at radius 3 is 2.43 bits per heavy atom. The third-order valence-electron chi connectivity index (χ3n) is 3.06. The molecule has 4 nitrogen and oxygen atoms in total. The molecular formula is C17H15Cl2NO3. The summed E-state index contributed by atoms with van der Waals surface area (Å²) < 4.78 is 5.41. The molecule has 2 aromatic rings. The van der Waals surface area contributed by atoms with E-state index >= 15 is 0 Å². The molecule has 0 bridgehead atoms. The van der Waals surface area contributed by atoms with Crippen LogP contribution in [0.25, 0.3) is 0 Å². The Morgan fingerprint density at radius 2 is 1.78 bits per heavy atom. The van der Waals surface area contributed by atoms with Crippen LogP contribution in [0.5, 0.6) is 5.75 Å². The van der Waals surface area contributed by atoms with Gasteiger partial charge >= 0.3 is 0 Å². The van der Waals surface area contributed by atoms with E-state index in [2.05, 4.69) is 5.32 Å². The average Bonchev–Trinajstić information content (AvgIpc) is 2.56. The Morgan fingerprint density at radius 1 is 1.09 bits per heavy atom. The lowest BCUT2D eigenvalue weighted by Gasteiger charge is -2.08. The van der Waals surface area contributed by atoms with Crippen LogP contribution in [0.15, 0.2) is 42.5 Å². The number of hydrogen-bond donors (Lipinski definition) is 1. The fraction of sp³-hybridized carbons (Fsp3) is 0.176. The number of benzene rings is 2. The fourth-order valence-corrected chi connectivity index (χ4v) is 2.14. The molecule has 0 saturated carbocycles. The zero-order valence-electron chi connectivity index (χ0n) is 12.4. The Labute approximate surface area is 144 Å². The van der Waals surface area contributed by atoms with E-state index in [1.54, 1.807) is 49.4 Å². The van der Waals surface area contributed by atoms with Crippen LogP contribution in [-0.2, 0) is 4.79 Å². The molecule has 0 radical (unpaired) electrons. The van der Waals surface area contributed by atoms with Crippen LogP contribution < -0.4 is 10.1 Å². The number of rotatable bonds is 6. The monoisotopic (exact) mass is 351 g/mol. The third kappa shape index (κ3) is 4.98. The summed E-state index contributed by atoms with van der Waals surface area (Å²) in [6, 6.07) is 11.4. The van der Waals surface area contributed by atoms with E-state index in [0.717, 1.165) is 0 Å². The number of nitrogens with one attached hydrogen (secondary N) is 1. The molecule has 1 N–H and O–H groups in total. The maximum atomic E-state index is 12.1. The van der Waals surface area contributed by atoms with Gasteiger partial charge in [-0.05, 0) is 36.4 Å². The molecule has 23 heavy (non-hydrogen) atoms. The Bertz CT molecular complexity index is 714. The summed E-state index contributed by atoms with van der Waals surface area (Å²) in [6.07, 6.45) is 0.398. The van der Waals surface area contributed by atoms with E-state index in [0.29, 0.717) is 33.5 Å². The van der Waals surface area contributed by atoms with Gasteiger partial charge in [0.05, 0.1) is 5.02 Å². The van der Waals surface area contributed by atoms with Crippen LogP contribution in [0.1, 0.15) is 23.7 Å². The maximum absolute atomic E-state index is 12.1. The van der Waals surface area contributed by atoms with Gasteiger partial charge in [0, 0.05) is 28.8 Å². The van der Waals surface area contributed by atoms with Gasteiger partial charge in [0.1, 0.15) is 5.75 Å². The highest BCUT2D eigenvalue weighted by Crippen LogP contribution is 2.27. The first-order valence-electron chi connectivity index (χ1n) is 7.00. The third-order valence-corrected chi connectivity index (χ3v) is 3.61.